The minimum absolute atomic E-state index is 1.11. The third kappa shape index (κ3) is 19.5. The van der Waals surface area contributed by atoms with Gasteiger partial charge in [0, 0.05) is 51.1 Å². The Kier molecular flexibility index (Phi) is 25.7. The zero-order valence-corrected chi connectivity index (χ0v) is 78.0. The molecule has 0 fully saturated rings. The molecule has 0 unspecified atom stereocenters. The van der Waals surface area contributed by atoms with Gasteiger partial charge in [-0.3, -0.25) is 0 Å². The summed E-state index contributed by atoms with van der Waals surface area (Å²) in [6.45, 7) is 0. The molecular weight excluding hydrogens is 1700 g/mol. The van der Waals surface area contributed by atoms with Crippen LogP contribution in [0.4, 0.5) is 51.2 Å². The SMILES string of the molecule is c1ccc(-c2cc(-c3ccccc3)cc(N(c3ccccc3)c3ccc(-c4ccc5c(-c6ccccc6)cccc5c4)cc3)c2)cc1.c1ccc(-c2ccc(N(c3ccccc3)c3ccc(-c4ccc5c(-c6ccccc6)cccc5c4)cc3)c(-c3ccccc3)c2)cc1.c1ccc(-c2ccccc2-c2ccc(N(c3ccccc3)c3ccc(-c4ccc5c(-c6ccccc6)cccc5c4)cc3)cc2)cc1. The fourth-order valence-corrected chi connectivity index (χ4v) is 19.6. The minimum Gasteiger partial charge on any atom is -0.311 e. The predicted octanol–water partition coefficient (Wildman–Crippen LogP) is 38.9. The molecule has 0 aliphatic heterocycles. The Hall–Kier alpha value is -18.5. The van der Waals surface area contributed by atoms with Crippen molar-refractivity contribution in [1.82, 2.24) is 0 Å². The summed E-state index contributed by atoms with van der Waals surface area (Å²) in [6, 6.07) is 215. The van der Waals surface area contributed by atoms with Crippen molar-refractivity contribution in [2.45, 2.75) is 0 Å². The number of nitrogens with zero attached hydrogens (tertiary/aromatic N) is 3. The van der Waals surface area contributed by atoms with Gasteiger partial charge in [-0.25, -0.2) is 0 Å². The largest absolute Gasteiger partial charge is 0.311 e. The normalized spacial score (nSPS) is 11.0. The van der Waals surface area contributed by atoms with Gasteiger partial charge in [-0.2, -0.15) is 0 Å². The van der Waals surface area contributed by atoms with E-state index in [1.54, 1.807) is 0 Å². The minimum atomic E-state index is 1.11. The molecule has 3 nitrogen and oxygen atoms in total. The highest BCUT2D eigenvalue weighted by Gasteiger charge is 2.23. The monoisotopic (exact) mass is 1800 g/mol. The number of para-hydroxylation sites is 3. The highest BCUT2D eigenvalue weighted by atomic mass is 15.2. The lowest BCUT2D eigenvalue weighted by atomic mass is 9.94. The van der Waals surface area contributed by atoms with Crippen LogP contribution in [0.5, 0.6) is 0 Å². The quantitative estimate of drug-likeness (QED) is 0.0710. The van der Waals surface area contributed by atoms with Gasteiger partial charge in [-0.1, -0.05) is 467 Å². The van der Waals surface area contributed by atoms with Crippen molar-refractivity contribution in [3.05, 3.63) is 601 Å². The second-order valence-corrected chi connectivity index (χ2v) is 35.4. The third-order valence-corrected chi connectivity index (χ3v) is 26.6. The van der Waals surface area contributed by atoms with Crippen LogP contribution in [0.3, 0.4) is 0 Å². The molecule has 666 valence electrons. The van der Waals surface area contributed by atoms with Gasteiger partial charge in [0.05, 0.1) is 5.69 Å². The molecule has 0 bridgehead atoms. The maximum atomic E-state index is 2.37. The fraction of sp³-hybridized carbons (Fsp3) is 0. The number of hydrogen-bond acceptors (Lipinski definition) is 3. The molecule has 24 rings (SSSR count). The average Bonchev–Trinajstić information content (AvgIpc) is 0.960. The number of benzene rings is 24. The zero-order valence-electron chi connectivity index (χ0n) is 78.0. The van der Waals surface area contributed by atoms with Crippen molar-refractivity contribution in [2.24, 2.45) is 0 Å². The van der Waals surface area contributed by atoms with Crippen LogP contribution in [-0.4, -0.2) is 0 Å². The Morgan fingerprint density at radius 1 is 0.0922 bits per heavy atom. The summed E-state index contributed by atoms with van der Waals surface area (Å²) < 4.78 is 0. The molecule has 0 radical (unpaired) electrons. The highest BCUT2D eigenvalue weighted by Crippen LogP contribution is 2.48. The van der Waals surface area contributed by atoms with Crippen LogP contribution < -0.4 is 14.7 Å². The second kappa shape index (κ2) is 41.3. The van der Waals surface area contributed by atoms with Crippen molar-refractivity contribution >= 4 is 83.5 Å². The maximum absolute atomic E-state index is 2.37. The first-order chi connectivity index (χ1) is 69.9. The summed E-state index contributed by atoms with van der Waals surface area (Å²) >= 11 is 0. The molecule has 0 amide bonds. The lowest BCUT2D eigenvalue weighted by molar-refractivity contribution is 1.28. The van der Waals surface area contributed by atoms with E-state index in [1.807, 2.05) is 0 Å². The van der Waals surface area contributed by atoms with Gasteiger partial charge >= 0.3 is 0 Å². The van der Waals surface area contributed by atoms with Crippen LogP contribution in [0.25, 0.3) is 166 Å². The topological polar surface area (TPSA) is 9.72 Å². The van der Waals surface area contributed by atoms with Crippen LogP contribution in [0, 0.1) is 0 Å². The molecule has 0 atom stereocenters. The van der Waals surface area contributed by atoms with Crippen LogP contribution in [0.15, 0.2) is 601 Å². The van der Waals surface area contributed by atoms with E-state index in [4.69, 9.17) is 0 Å². The van der Waals surface area contributed by atoms with Crippen LogP contribution in [0.2, 0.25) is 0 Å². The van der Waals surface area contributed by atoms with E-state index in [-0.39, 0.29) is 0 Å². The molecular formula is C138H99N3. The Morgan fingerprint density at radius 3 is 0.624 bits per heavy atom. The summed E-state index contributed by atoms with van der Waals surface area (Å²) in [4.78, 5) is 7.05. The predicted molar refractivity (Wildman–Crippen MR) is 601 cm³/mol. The van der Waals surface area contributed by atoms with E-state index in [2.05, 4.69) is 615 Å². The number of fused-ring (bicyclic) bond motifs is 3. The van der Waals surface area contributed by atoms with E-state index >= 15 is 0 Å². The smallest absolute Gasteiger partial charge is 0.0540 e. The maximum Gasteiger partial charge on any atom is 0.0540 e. The van der Waals surface area contributed by atoms with E-state index in [1.165, 1.54) is 166 Å². The van der Waals surface area contributed by atoms with Gasteiger partial charge in [-0.05, 0) is 294 Å². The number of hydrogen-bond donors (Lipinski definition) is 0. The van der Waals surface area contributed by atoms with Gasteiger partial charge < -0.3 is 14.7 Å². The van der Waals surface area contributed by atoms with Gasteiger partial charge in [0.15, 0.2) is 0 Å². The molecule has 0 N–H and O–H groups in total. The van der Waals surface area contributed by atoms with Crippen molar-refractivity contribution in [2.75, 3.05) is 14.7 Å². The average molecular weight is 1800 g/mol. The lowest BCUT2D eigenvalue weighted by Gasteiger charge is -2.28. The summed E-state index contributed by atoms with van der Waals surface area (Å²) in [5.41, 5.74) is 39.2. The molecule has 24 aromatic carbocycles. The number of anilines is 9. The first kappa shape index (κ1) is 87.8. The molecule has 0 aliphatic carbocycles. The first-order valence-corrected chi connectivity index (χ1v) is 48.3. The summed E-state index contributed by atoms with van der Waals surface area (Å²) in [7, 11) is 0. The molecule has 141 heavy (non-hydrogen) atoms. The van der Waals surface area contributed by atoms with E-state index in [0.717, 1.165) is 51.2 Å². The lowest BCUT2D eigenvalue weighted by Crippen LogP contribution is -2.11. The van der Waals surface area contributed by atoms with E-state index in [9.17, 15) is 0 Å². The number of rotatable bonds is 21. The van der Waals surface area contributed by atoms with Crippen LogP contribution in [-0.2, 0) is 0 Å². The molecule has 0 spiro atoms. The Labute approximate surface area is 826 Å². The van der Waals surface area contributed by atoms with Crippen molar-refractivity contribution in [3.8, 4) is 134 Å². The third-order valence-electron chi connectivity index (χ3n) is 26.6. The van der Waals surface area contributed by atoms with Gasteiger partial charge in [-0.15, -0.1) is 0 Å². The first-order valence-electron chi connectivity index (χ1n) is 48.3. The molecule has 0 aromatic heterocycles. The molecule has 0 saturated carbocycles. The van der Waals surface area contributed by atoms with E-state index < -0.39 is 0 Å². The molecule has 24 aromatic rings. The van der Waals surface area contributed by atoms with Crippen LogP contribution >= 0.6 is 0 Å². The van der Waals surface area contributed by atoms with Crippen molar-refractivity contribution in [3.63, 3.8) is 0 Å². The van der Waals surface area contributed by atoms with E-state index in [0.29, 0.717) is 0 Å². The Bertz CT molecular complexity index is 8290. The van der Waals surface area contributed by atoms with Crippen molar-refractivity contribution < 1.29 is 0 Å². The zero-order chi connectivity index (χ0) is 94.3. The van der Waals surface area contributed by atoms with Gasteiger partial charge in [0.2, 0.25) is 0 Å². The molecule has 0 saturated heterocycles. The standard InChI is InChI=1S/3C46H33N/c1-5-14-34(15-6-1)39-27-31-46(45(33-39)37-18-9-3-10-19-37)47(41-21-11-4-12-22-41)42-28-24-35(25-29-42)38-26-30-44-40(32-38)20-13-23-43(44)36-16-7-2-8-17-36;1-5-14-34(15-6-1)40-31-41(35-16-7-2-8-17-35)33-44(32-40)47(42-21-11-4-12-22-42)43-27-24-36(25-28-43)38-26-29-46-39(30-38)20-13-23-45(46)37-18-9-3-10-19-37;1-4-13-35(14-5-1)43-20-10-11-21-44(43)37-25-30-42(31-26-37)47(40-18-8-3-9-19-40)41-28-23-34(24-29-41)38-27-32-46-39(33-38)17-12-22-45(46)36-15-6-2-7-16-36/h3*1-33H. The highest BCUT2D eigenvalue weighted by molar-refractivity contribution is 6.03. The molecule has 0 aliphatic rings. The second-order valence-electron chi connectivity index (χ2n) is 35.4. The van der Waals surface area contributed by atoms with Gasteiger partial charge in [0.1, 0.15) is 0 Å². The Morgan fingerprint density at radius 2 is 0.298 bits per heavy atom. The van der Waals surface area contributed by atoms with Crippen LogP contribution in [0.1, 0.15) is 0 Å². The fourth-order valence-electron chi connectivity index (χ4n) is 19.6. The molecule has 3 heteroatoms. The van der Waals surface area contributed by atoms with Crippen molar-refractivity contribution in [1.29, 1.82) is 0 Å². The summed E-state index contributed by atoms with van der Waals surface area (Å²) in [5, 5.41) is 7.52. The summed E-state index contributed by atoms with van der Waals surface area (Å²) in [5.74, 6) is 0. The Balaban J connectivity index is 0.000000121. The molecule has 0 heterocycles. The summed E-state index contributed by atoms with van der Waals surface area (Å²) in [6.07, 6.45) is 0. The van der Waals surface area contributed by atoms with Gasteiger partial charge in [0.25, 0.3) is 0 Å².